The van der Waals surface area contributed by atoms with Crippen molar-refractivity contribution in [1.29, 1.82) is 0 Å². The summed E-state index contributed by atoms with van der Waals surface area (Å²) in [6.07, 6.45) is 0. The number of methoxy groups -OCH3 is 2. The highest BCUT2D eigenvalue weighted by Crippen LogP contribution is 2.07. The molecule has 0 saturated heterocycles. The van der Waals surface area contributed by atoms with E-state index in [1.54, 1.807) is 12.1 Å². The van der Waals surface area contributed by atoms with Crippen molar-refractivity contribution in [3.8, 4) is 0 Å². The Kier molecular flexibility index (Phi) is 5.86. The molecule has 1 rings (SSSR count). The number of hydrogen-bond donors (Lipinski definition) is 1. The maximum absolute atomic E-state index is 12.8. The van der Waals surface area contributed by atoms with Gasteiger partial charge in [-0.05, 0) is 17.7 Å². The minimum atomic E-state index is -1.02. The quantitative estimate of drug-likeness (QED) is 0.626. The molecule has 0 saturated carbocycles. The summed E-state index contributed by atoms with van der Waals surface area (Å²) >= 11 is 0. The van der Waals surface area contributed by atoms with E-state index in [4.69, 9.17) is 0 Å². The van der Waals surface area contributed by atoms with Gasteiger partial charge in [0, 0.05) is 6.54 Å². The van der Waals surface area contributed by atoms with Crippen molar-refractivity contribution in [2.45, 2.75) is 12.6 Å². The summed E-state index contributed by atoms with van der Waals surface area (Å²) in [6, 6.07) is 4.73. The lowest BCUT2D eigenvalue weighted by molar-refractivity contribution is -0.145. The van der Waals surface area contributed by atoms with Gasteiger partial charge < -0.3 is 9.47 Å². The van der Waals surface area contributed by atoms with E-state index in [0.29, 0.717) is 0 Å². The predicted molar refractivity (Wildman–Crippen MR) is 70.2 cm³/mol. The van der Waals surface area contributed by atoms with E-state index in [9.17, 15) is 14.0 Å². The number of halogens is 1. The standard InChI is InChI=1S/C14H16FNO4/c1-9(13(17)19-2)12(14(18)20-3)16-8-10-4-6-11(15)7-5-10/h4-7,12,16H,1,8H2,2-3H3. The van der Waals surface area contributed by atoms with Gasteiger partial charge in [0.05, 0.1) is 19.8 Å². The Hall–Kier alpha value is -2.21. The molecule has 0 aliphatic carbocycles. The molecule has 0 spiro atoms. The first-order valence-electron chi connectivity index (χ1n) is 5.82. The molecule has 1 N–H and O–H groups in total. The highest BCUT2D eigenvalue weighted by molar-refractivity contribution is 5.97. The van der Waals surface area contributed by atoms with Crippen LogP contribution in [0.5, 0.6) is 0 Å². The molecule has 1 atom stereocenters. The molecule has 1 aromatic carbocycles. The van der Waals surface area contributed by atoms with Crippen molar-refractivity contribution in [3.05, 3.63) is 47.8 Å². The van der Waals surface area contributed by atoms with Crippen molar-refractivity contribution in [3.63, 3.8) is 0 Å². The van der Waals surface area contributed by atoms with Gasteiger partial charge in [-0.15, -0.1) is 0 Å². The van der Waals surface area contributed by atoms with Crippen molar-refractivity contribution in [2.75, 3.05) is 14.2 Å². The molecule has 0 heterocycles. The first-order chi connectivity index (χ1) is 9.49. The SMILES string of the molecule is C=C(C(=O)OC)C(NCc1ccc(F)cc1)C(=O)OC. The third-order valence-electron chi connectivity index (χ3n) is 2.66. The smallest absolute Gasteiger partial charge is 0.335 e. The molecular formula is C14H16FNO4. The summed E-state index contributed by atoms with van der Waals surface area (Å²) in [7, 11) is 2.40. The number of carbonyl (C=O) groups is 2. The minimum absolute atomic E-state index is 0.0542. The van der Waals surface area contributed by atoms with E-state index in [-0.39, 0.29) is 17.9 Å². The fraction of sp³-hybridized carbons (Fsp3) is 0.286. The second-order valence-corrected chi connectivity index (χ2v) is 3.98. The topological polar surface area (TPSA) is 64.6 Å². The number of esters is 2. The van der Waals surface area contributed by atoms with Gasteiger partial charge in [0.15, 0.2) is 0 Å². The average Bonchev–Trinajstić information content (AvgIpc) is 2.47. The van der Waals surface area contributed by atoms with Crippen LogP contribution in [0.2, 0.25) is 0 Å². The maximum atomic E-state index is 12.8. The highest BCUT2D eigenvalue weighted by Gasteiger charge is 2.27. The molecule has 0 radical (unpaired) electrons. The summed E-state index contributed by atoms with van der Waals surface area (Å²) in [5.74, 6) is -1.70. The van der Waals surface area contributed by atoms with Gasteiger partial charge >= 0.3 is 11.9 Å². The lowest BCUT2D eigenvalue weighted by Crippen LogP contribution is -2.41. The van der Waals surface area contributed by atoms with Gasteiger partial charge in [0.25, 0.3) is 0 Å². The zero-order chi connectivity index (χ0) is 15.1. The molecule has 0 aromatic heterocycles. The molecule has 0 aliphatic heterocycles. The lowest BCUT2D eigenvalue weighted by Gasteiger charge is -2.17. The summed E-state index contributed by atoms with van der Waals surface area (Å²) in [5, 5.41) is 2.82. The molecule has 6 heteroatoms. The Morgan fingerprint density at radius 1 is 1.25 bits per heavy atom. The monoisotopic (exact) mass is 281 g/mol. The molecule has 0 bridgehead atoms. The van der Waals surface area contributed by atoms with E-state index < -0.39 is 18.0 Å². The summed E-state index contributed by atoms with van der Waals surface area (Å²) in [6.45, 7) is 3.77. The van der Waals surface area contributed by atoms with Crippen molar-refractivity contribution in [1.82, 2.24) is 5.32 Å². The molecule has 0 fully saturated rings. The van der Waals surface area contributed by atoms with Crippen molar-refractivity contribution < 1.29 is 23.5 Å². The number of ether oxygens (including phenoxy) is 2. The fourth-order valence-electron chi connectivity index (χ4n) is 1.54. The summed E-state index contributed by atoms with van der Waals surface area (Å²) in [5.41, 5.74) is 0.694. The van der Waals surface area contributed by atoms with Crippen LogP contribution < -0.4 is 5.32 Å². The number of nitrogens with one attached hydrogen (secondary N) is 1. The Morgan fingerprint density at radius 2 is 1.85 bits per heavy atom. The molecule has 20 heavy (non-hydrogen) atoms. The Morgan fingerprint density at radius 3 is 2.35 bits per heavy atom. The van der Waals surface area contributed by atoms with E-state index in [0.717, 1.165) is 5.56 Å². The van der Waals surface area contributed by atoms with Crippen LogP contribution in [-0.2, 0) is 25.6 Å². The molecule has 0 aliphatic rings. The number of carbonyl (C=O) groups excluding carboxylic acids is 2. The lowest BCUT2D eigenvalue weighted by atomic mass is 10.1. The third kappa shape index (κ3) is 4.17. The molecule has 1 aromatic rings. The van der Waals surface area contributed by atoms with Crippen LogP contribution in [0.1, 0.15) is 5.56 Å². The molecule has 108 valence electrons. The average molecular weight is 281 g/mol. The Bertz CT molecular complexity index is 498. The van der Waals surface area contributed by atoms with Crippen LogP contribution in [-0.4, -0.2) is 32.2 Å². The maximum Gasteiger partial charge on any atom is 0.335 e. The van der Waals surface area contributed by atoms with Gasteiger partial charge in [-0.1, -0.05) is 18.7 Å². The van der Waals surface area contributed by atoms with E-state index in [2.05, 4.69) is 21.4 Å². The van der Waals surface area contributed by atoms with Crippen LogP contribution in [0, 0.1) is 5.82 Å². The first kappa shape index (κ1) is 15.8. The second-order valence-electron chi connectivity index (χ2n) is 3.98. The van der Waals surface area contributed by atoms with Crippen LogP contribution >= 0.6 is 0 Å². The van der Waals surface area contributed by atoms with Gasteiger partial charge in [0.2, 0.25) is 0 Å². The van der Waals surface area contributed by atoms with Gasteiger partial charge in [-0.2, -0.15) is 0 Å². The normalized spacial score (nSPS) is 11.6. The largest absolute Gasteiger partial charge is 0.468 e. The summed E-state index contributed by atoms with van der Waals surface area (Å²) in [4.78, 5) is 23.0. The fourth-order valence-corrected chi connectivity index (χ4v) is 1.54. The van der Waals surface area contributed by atoms with E-state index in [1.165, 1.54) is 26.4 Å². The van der Waals surface area contributed by atoms with Gasteiger partial charge in [0.1, 0.15) is 11.9 Å². The van der Waals surface area contributed by atoms with Crippen molar-refractivity contribution >= 4 is 11.9 Å². The number of rotatable bonds is 6. The first-order valence-corrected chi connectivity index (χ1v) is 5.82. The Balaban J connectivity index is 2.75. The number of hydrogen-bond acceptors (Lipinski definition) is 5. The molecule has 1 unspecified atom stereocenters. The zero-order valence-corrected chi connectivity index (χ0v) is 11.3. The van der Waals surface area contributed by atoms with Crippen LogP contribution in [0.25, 0.3) is 0 Å². The van der Waals surface area contributed by atoms with Crippen LogP contribution in [0.4, 0.5) is 4.39 Å². The minimum Gasteiger partial charge on any atom is -0.468 e. The highest BCUT2D eigenvalue weighted by atomic mass is 19.1. The summed E-state index contributed by atoms with van der Waals surface area (Å²) < 4.78 is 21.9. The predicted octanol–water partition coefficient (Wildman–Crippen LogP) is 1.19. The molecule has 5 nitrogen and oxygen atoms in total. The van der Waals surface area contributed by atoms with Crippen LogP contribution in [0.15, 0.2) is 36.4 Å². The molecular weight excluding hydrogens is 265 g/mol. The second kappa shape index (κ2) is 7.40. The van der Waals surface area contributed by atoms with E-state index >= 15 is 0 Å². The molecule has 0 amide bonds. The van der Waals surface area contributed by atoms with Crippen LogP contribution in [0.3, 0.4) is 0 Å². The Labute approximate surface area is 116 Å². The zero-order valence-electron chi connectivity index (χ0n) is 11.3. The number of benzene rings is 1. The van der Waals surface area contributed by atoms with Gasteiger partial charge in [-0.25, -0.2) is 14.0 Å². The van der Waals surface area contributed by atoms with E-state index in [1.807, 2.05) is 0 Å². The van der Waals surface area contributed by atoms with Gasteiger partial charge in [-0.3, -0.25) is 5.32 Å². The van der Waals surface area contributed by atoms with Crippen molar-refractivity contribution in [2.24, 2.45) is 0 Å². The third-order valence-corrected chi connectivity index (χ3v) is 2.66.